The van der Waals surface area contributed by atoms with Crippen molar-refractivity contribution in [2.24, 2.45) is 0 Å². The molecule has 25 heavy (non-hydrogen) atoms. The summed E-state index contributed by atoms with van der Waals surface area (Å²) >= 11 is 0. The normalized spacial score (nSPS) is 10.8. The van der Waals surface area contributed by atoms with E-state index < -0.39 is 22.7 Å². The minimum atomic E-state index is -0.896. The van der Waals surface area contributed by atoms with Crippen LogP contribution in [-0.4, -0.2) is 30.5 Å². The van der Waals surface area contributed by atoms with Gasteiger partial charge in [-0.1, -0.05) is 18.2 Å². The topological polar surface area (TPSA) is 106 Å². The van der Waals surface area contributed by atoms with Crippen molar-refractivity contribution >= 4 is 23.5 Å². The quantitative estimate of drug-likeness (QED) is 0.615. The van der Waals surface area contributed by atoms with Crippen molar-refractivity contribution in [2.75, 3.05) is 19.0 Å². The van der Waals surface area contributed by atoms with Crippen LogP contribution in [0.5, 0.6) is 5.75 Å². The number of benzene rings is 1. The number of anilines is 1. The van der Waals surface area contributed by atoms with Gasteiger partial charge in [-0.2, -0.15) is 0 Å². The lowest BCUT2D eigenvalue weighted by Crippen LogP contribution is -2.17. The van der Waals surface area contributed by atoms with E-state index in [-0.39, 0.29) is 18.3 Å². The molecule has 0 saturated carbocycles. The summed E-state index contributed by atoms with van der Waals surface area (Å²) in [6.45, 7) is 1.43. The second-order valence-corrected chi connectivity index (χ2v) is 5.21. The first kappa shape index (κ1) is 18.2. The van der Waals surface area contributed by atoms with Gasteiger partial charge in [0.25, 0.3) is 0 Å². The Bertz CT molecular complexity index is 881. The van der Waals surface area contributed by atoms with E-state index in [1.165, 1.54) is 26.2 Å². The van der Waals surface area contributed by atoms with Gasteiger partial charge in [-0.05, 0) is 30.7 Å². The first-order valence-electron chi connectivity index (χ1n) is 7.35. The minimum absolute atomic E-state index is 0.0684. The van der Waals surface area contributed by atoms with Crippen LogP contribution in [0.3, 0.4) is 0 Å². The highest BCUT2D eigenvalue weighted by Gasteiger charge is 2.15. The highest BCUT2D eigenvalue weighted by Crippen LogP contribution is 2.17. The maximum atomic E-state index is 12.1. The van der Waals surface area contributed by atoms with Crippen molar-refractivity contribution in [3.8, 4) is 5.75 Å². The number of aryl methyl sites for hydroxylation is 1. The zero-order valence-corrected chi connectivity index (χ0v) is 13.7. The lowest BCUT2D eigenvalue weighted by Gasteiger charge is -2.05. The first-order chi connectivity index (χ1) is 11.9. The second-order valence-electron chi connectivity index (χ2n) is 5.21. The molecule has 130 valence electrons. The van der Waals surface area contributed by atoms with Crippen molar-refractivity contribution in [1.82, 2.24) is 0 Å². The van der Waals surface area contributed by atoms with E-state index >= 15 is 0 Å². The molecule has 0 bridgehead atoms. The lowest BCUT2D eigenvalue weighted by molar-refractivity contribution is -0.119. The number of hydrogen-bond donors (Lipinski definition) is 2. The van der Waals surface area contributed by atoms with Gasteiger partial charge in [0.05, 0.1) is 0 Å². The Morgan fingerprint density at radius 3 is 2.76 bits per heavy atom. The number of amides is 1. The molecule has 0 spiro atoms. The highest BCUT2D eigenvalue weighted by atomic mass is 16.5. The van der Waals surface area contributed by atoms with E-state index in [4.69, 9.17) is 9.15 Å². The van der Waals surface area contributed by atoms with Crippen LogP contribution in [0.25, 0.3) is 6.08 Å². The number of carbonyl (C=O) groups excluding carboxylic acids is 2. The van der Waals surface area contributed by atoms with Gasteiger partial charge in [0.15, 0.2) is 5.78 Å². The first-order valence-corrected chi connectivity index (χ1v) is 7.35. The Hall–Kier alpha value is -3.19. The number of allylic oxidation sites excluding steroid dienone is 1. The van der Waals surface area contributed by atoms with Crippen LogP contribution in [-0.2, 0) is 9.53 Å². The SMILES string of the molecule is COCC(=O)Nc1cccc(C=CC(=O)c2c(O)cc(C)oc2=O)c1. The van der Waals surface area contributed by atoms with Gasteiger partial charge in [0, 0.05) is 18.9 Å². The summed E-state index contributed by atoms with van der Waals surface area (Å²) in [6.07, 6.45) is 2.62. The number of aromatic hydroxyl groups is 1. The molecule has 2 rings (SSSR count). The molecule has 0 radical (unpaired) electrons. The van der Waals surface area contributed by atoms with Crippen LogP contribution in [0.15, 0.2) is 45.6 Å². The Morgan fingerprint density at radius 2 is 2.08 bits per heavy atom. The van der Waals surface area contributed by atoms with Crippen molar-refractivity contribution in [2.45, 2.75) is 6.92 Å². The number of ketones is 1. The summed E-state index contributed by atoms with van der Waals surface area (Å²) in [5, 5.41) is 12.4. The van der Waals surface area contributed by atoms with E-state index in [2.05, 4.69) is 5.32 Å². The number of carbonyl (C=O) groups is 2. The van der Waals surface area contributed by atoms with Gasteiger partial charge < -0.3 is 19.6 Å². The molecule has 0 unspecified atom stereocenters. The minimum Gasteiger partial charge on any atom is -0.507 e. The number of rotatable bonds is 6. The zero-order valence-electron chi connectivity index (χ0n) is 13.7. The smallest absolute Gasteiger partial charge is 0.351 e. The molecular formula is C18H17NO6. The van der Waals surface area contributed by atoms with Gasteiger partial charge >= 0.3 is 5.63 Å². The van der Waals surface area contributed by atoms with Gasteiger partial charge in [0.1, 0.15) is 23.7 Å². The van der Waals surface area contributed by atoms with Crippen molar-refractivity contribution in [3.63, 3.8) is 0 Å². The average Bonchev–Trinajstić information content (AvgIpc) is 2.52. The molecule has 0 aliphatic rings. The van der Waals surface area contributed by atoms with Crippen molar-refractivity contribution in [3.05, 3.63) is 63.7 Å². The highest BCUT2D eigenvalue weighted by molar-refractivity contribution is 6.08. The fraction of sp³-hybridized carbons (Fsp3) is 0.167. The summed E-state index contributed by atoms with van der Waals surface area (Å²) in [5.41, 5.74) is -0.159. The molecule has 1 heterocycles. The summed E-state index contributed by atoms with van der Waals surface area (Å²) in [5.74, 6) is -1.20. The van der Waals surface area contributed by atoms with E-state index in [1.807, 2.05) is 0 Å². The van der Waals surface area contributed by atoms with Gasteiger partial charge in [-0.3, -0.25) is 9.59 Å². The van der Waals surface area contributed by atoms with Gasteiger partial charge in [-0.25, -0.2) is 4.79 Å². The van der Waals surface area contributed by atoms with Crippen molar-refractivity contribution < 1.29 is 23.8 Å². The third-order valence-electron chi connectivity index (χ3n) is 3.17. The third kappa shape index (κ3) is 4.89. The van der Waals surface area contributed by atoms with E-state index in [9.17, 15) is 19.5 Å². The molecule has 2 aromatic rings. The molecule has 0 aliphatic heterocycles. The van der Waals surface area contributed by atoms with Crippen LogP contribution in [0.4, 0.5) is 5.69 Å². The predicted octanol–water partition coefficient (Wildman–Crippen LogP) is 2.13. The summed E-state index contributed by atoms with van der Waals surface area (Å²) < 4.78 is 9.55. The average molecular weight is 343 g/mol. The standard InChI is InChI=1S/C18H17NO6/c1-11-8-15(21)17(18(23)25-11)14(20)7-6-12-4-3-5-13(9-12)19-16(22)10-24-2/h3-9,21H,10H2,1-2H3,(H,19,22). The molecule has 1 aromatic carbocycles. The van der Waals surface area contributed by atoms with Crippen LogP contribution >= 0.6 is 0 Å². The Kier molecular flexibility index (Phi) is 5.86. The molecular weight excluding hydrogens is 326 g/mol. The van der Waals surface area contributed by atoms with E-state index in [0.29, 0.717) is 11.3 Å². The van der Waals surface area contributed by atoms with Crippen LogP contribution in [0.2, 0.25) is 0 Å². The van der Waals surface area contributed by atoms with Crippen molar-refractivity contribution in [1.29, 1.82) is 0 Å². The summed E-state index contributed by atoms with van der Waals surface area (Å²) in [4.78, 5) is 35.3. The fourth-order valence-electron chi connectivity index (χ4n) is 2.13. The van der Waals surface area contributed by atoms with E-state index in [0.717, 1.165) is 6.08 Å². The fourth-order valence-corrected chi connectivity index (χ4v) is 2.13. The lowest BCUT2D eigenvalue weighted by atomic mass is 10.1. The van der Waals surface area contributed by atoms with E-state index in [1.54, 1.807) is 24.3 Å². The molecule has 0 atom stereocenters. The molecule has 7 nitrogen and oxygen atoms in total. The third-order valence-corrected chi connectivity index (χ3v) is 3.17. The van der Waals surface area contributed by atoms with Crippen LogP contribution in [0, 0.1) is 6.92 Å². The number of ether oxygens (including phenoxy) is 1. The Balaban J connectivity index is 2.18. The number of nitrogens with one attached hydrogen (secondary N) is 1. The molecule has 0 fully saturated rings. The predicted molar refractivity (Wildman–Crippen MR) is 91.7 cm³/mol. The summed E-state index contributed by atoms with van der Waals surface area (Å²) in [6, 6.07) is 7.95. The van der Waals surface area contributed by atoms with Crippen LogP contribution in [0.1, 0.15) is 21.7 Å². The van der Waals surface area contributed by atoms with Gasteiger partial charge in [0.2, 0.25) is 5.91 Å². The maximum absolute atomic E-state index is 12.1. The molecule has 0 saturated heterocycles. The molecule has 2 N–H and O–H groups in total. The largest absolute Gasteiger partial charge is 0.507 e. The zero-order chi connectivity index (χ0) is 18.4. The second kappa shape index (κ2) is 8.07. The molecule has 1 amide bonds. The maximum Gasteiger partial charge on any atom is 0.351 e. The van der Waals surface area contributed by atoms with Gasteiger partial charge in [-0.15, -0.1) is 0 Å². The number of hydrogen-bond acceptors (Lipinski definition) is 6. The molecule has 1 aromatic heterocycles. The summed E-state index contributed by atoms with van der Waals surface area (Å²) in [7, 11) is 1.42. The Morgan fingerprint density at radius 1 is 1.32 bits per heavy atom. The van der Waals surface area contributed by atoms with Crippen LogP contribution < -0.4 is 10.9 Å². The molecule has 0 aliphatic carbocycles. The monoisotopic (exact) mass is 343 g/mol. The molecule has 7 heteroatoms. The number of methoxy groups -OCH3 is 1. The Labute approximate surface area is 143 Å².